The monoisotopic (exact) mass is 461 g/mol. The SMILES string of the molecule is COC(=O)COc1ccc(/C=C2\SC(=O)N(Cc3cc4c(cc3Cl)OCO4)C2=O)cc1. The number of hydrogen-bond donors (Lipinski definition) is 0. The van der Waals surface area contributed by atoms with Crippen molar-refractivity contribution in [3.63, 3.8) is 0 Å². The van der Waals surface area contributed by atoms with Crippen LogP contribution in [0.1, 0.15) is 11.1 Å². The van der Waals surface area contributed by atoms with E-state index in [1.807, 2.05) is 0 Å². The van der Waals surface area contributed by atoms with E-state index in [1.54, 1.807) is 42.5 Å². The van der Waals surface area contributed by atoms with Gasteiger partial charge in [-0.3, -0.25) is 14.5 Å². The Hall–Kier alpha value is -3.17. The summed E-state index contributed by atoms with van der Waals surface area (Å²) in [5, 5.41) is -0.00200. The molecule has 4 rings (SSSR count). The molecule has 0 spiro atoms. The van der Waals surface area contributed by atoms with E-state index in [9.17, 15) is 14.4 Å². The molecule has 0 aromatic heterocycles. The second-order valence-electron chi connectivity index (χ2n) is 6.50. The van der Waals surface area contributed by atoms with Crippen molar-refractivity contribution < 1.29 is 33.3 Å². The lowest BCUT2D eigenvalue weighted by Crippen LogP contribution is -2.27. The van der Waals surface area contributed by atoms with Gasteiger partial charge in [0.2, 0.25) is 6.79 Å². The molecule has 0 radical (unpaired) electrons. The van der Waals surface area contributed by atoms with Crippen molar-refractivity contribution in [1.82, 2.24) is 4.90 Å². The summed E-state index contributed by atoms with van der Waals surface area (Å²) < 4.78 is 20.4. The van der Waals surface area contributed by atoms with Crippen LogP contribution in [0.2, 0.25) is 5.02 Å². The molecule has 160 valence electrons. The smallest absolute Gasteiger partial charge is 0.343 e. The number of halogens is 1. The Balaban J connectivity index is 1.46. The predicted molar refractivity (Wildman–Crippen MR) is 113 cm³/mol. The first kappa shape index (κ1) is 21.1. The number of nitrogens with zero attached hydrogens (tertiary/aromatic N) is 1. The fraction of sp³-hybridized carbons (Fsp3) is 0.190. The fourth-order valence-electron chi connectivity index (χ4n) is 2.90. The topological polar surface area (TPSA) is 91.4 Å². The van der Waals surface area contributed by atoms with Gasteiger partial charge in [-0.1, -0.05) is 23.7 Å². The lowest BCUT2D eigenvalue weighted by atomic mass is 10.1. The first-order chi connectivity index (χ1) is 14.9. The molecule has 31 heavy (non-hydrogen) atoms. The molecule has 0 aliphatic carbocycles. The third kappa shape index (κ3) is 4.62. The van der Waals surface area contributed by atoms with Gasteiger partial charge < -0.3 is 18.9 Å². The molecule has 1 saturated heterocycles. The number of methoxy groups -OCH3 is 1. The molecule has 2 aromatic carbocycles. The van der Waals surface area contributed by atoms with E-state index >= 15 is 0 Å². The van der Waals surface area contributed by atoms with E-state index in [0.717, 1.165) is 16.7 Å². The molecule has 8 nitrogen and oxygen atoms in total. The number of thioether (sulfide) groups is 1. The normalized spacial score (nSPS) is 16.2. The molecule has 0 bridgehead atoms. The van der Waals surface area contributed by atoms with Crippen LogP contribution >= 0.6 is 23.4 Å². The number of hydrogen-bond acceptors (Lipinski definition) is 8. The largest absolute Gasteiger partial charge is 0.482 e. The Morgan fingerprint density at radius 1 is 1.19 bits per heavy atom. The Labute approximate surface area is 186 Å². The zero-order valence-electron chi connectivity index (χ0n) is 16.3. The standard InChI is InChI=1S/C21H16ClNO7S/c1-27-19(24)10-28-14-4-2-12(3-5-14)6-18-20(25)23(21(26)31-18)9-13-7-16-17(8-15(13)22)30-11-29-16/h2-8H,9-11H2,1H3/b18-6-. The quantitative estimate of drug-likeness (QED) is 0.473. The van der Waals surface area contributed by atoms with E-state index in [1.165, 1.54) is 7.11 Å². The van der Waals surface area contributed by atoms with Crippen molar-refractivity contribution in [3.05, 3.63) is 57.5 Å². The summed E-state index contributed by atoms with van der Waals surface area (Å²) in [6.07, 6.45) is 1.62. The van der Waals surface area contributed by atoms with Crippen molar-refractivity contribution in [3.8, 4) is 17.2 Å². The van der Waals surface area contributed by atoms with Gasteiger partial charge in [0.15, 0.2) is 18.1 Å². The van der Waals surface area contributed by atoms with Crippen molar-refractivity contribution in [2.45, 2.75) is 6.54 Å². The van der Waals surface area contributed by atoms with Crippen molar-refractivity contribution in [2.24, 2.45) is 0 Å². The van der Waals surface area contributed by atoms with Crippen LogP contribution in [0.4, 0.5) is 4.79 Å². The number of carbonyl (C=O) groups is 3. The summed E-state index contributed by atoms with van der Waals surface area (Å²) in [5.41, 5.74) is 1.29. The summed E-state index contributed by atoms with van der Waals surface area (Å²) in [6, 6.07) is 10.0. The van der Waals surface area contributed by atoms with E-state index < -0.39 is 11.9 Å². The molecule has 2 aromatic rings. The van der Waals surface area contributed by atoms with Gasteiger partial charge in [0, 0.05) is 11.1 Å². The van der Waals surface area contributed by atoms with Gasteiger partial charge >= 0.3 is 5.97 Å². The van der Waals surface area contributed by atoms with Gasteiger partial charge in [-0.25, -0.2) is 4.79 Å². The van der Waals surface area contributed by atoms with Crippen LogP contribution in [-0.4, -0.2) is 42.5 Å². The highest BCUT2D eigenvalue weighted by Gasteiger charge is 2.35. The number of rotatable bonds is 6. The van der Waals surface area contributed by atoms with Crippen molar-refractivity contribution in [1.29, 1.82) is 0 Å². The molecule has 10 heteroatoms. The number of fused-ring (bicyclic) bond motifs is 1. The van der Waals surface area contributed by atoms with Gasteiger partial charge in [0.25, 0.3) is 11.1 Å². The van der Waals surface area contributed by atoms with Crippen LogP contribution in [0.15, 0.2) is 41.3 Å². The van der Waals surface area contributed by atoms with Crippen molar-refractivity contribution >= 4 is 46.6 Å². The van der Waals surface area contributed by atoms with Crippen molar-refractivity contribution in [2.75, 3.05) is 20.5 Å². The lowest BCUT2D eigenvalue weighted by molar-refractivity contribution is -0.142. The molecular weight excluding hydrogens is 446 g/mol. The number of ether oxygens (including phenoxy) is 4. The Bertz CT molecular complexity index is 1080. The number of imide groups is 1. The molecule has 2 aliphatic heterocycles. The molecule has 2 heterocycles. The van der Waals surface area contributed by atoms with E-state index in [4.69, 9.17) is 25.8 Å². The van der Waals surface area contributed by atoms with Crippen LogP contribution in [-0.2, 0) is 20.9 Å². The Morgan fingerprint density at radius 3 is 2.61 bits per heavy atom. The highest BCUT2D eigenvalue weighted by Crippen LogP contribution is 2.39. The highest BCUT2D eigenvalue weighted by atomic mass is 35.5. The first-order valence-electron chi connectivity index (χ1n) is 9.07. The molecule has 0 atom stereocenters. The third-order valence-corrected chi connectivity index (χ3v) is 5.77. The van der Waals surface area contributed by atoms with Gasteiger partial charge in [-0.2, -0.15) is 0 Å². The number of benzene rings is 2. The number of amides is 2. The summed E-state index contributed by atoms with van der Waals surface area (Å²) in [5.74, 6) is 0.640. The van der Waals surface area contributed by atoms with Crippen LogP contribution in [0, 0.1) is 0 Å². The zero-order chi connectivity index (χ0) is 22.0. The zero-order valence-corrected chi connectivity index (χ0v) is 17.8. The highest BCUT2D eigenvalue weighted by molar-refractivity contribution is 8.18. The fourth-order valence-corrected chi connectivity index (χ4v) is 3.95. The van der Waals surface area contributed by atoms with Gasteiger partial charge in [0.05, 0.1) is 18.6 Å². The van der Waals surface area contributed by atoms with E-state index in [2.05, 4.69) is 4.74 Å². The van der Waals surface area contributed by atoms with Crippen LogP contribution in [0.5, 0.6) is 17.2 Å². The van der Waals surface area contributed by atoms with Crippen LogP contribution in [0.3, 0.4) is 0 Å². The van der Waals surface area contributed by atoms with E-state index in [0.29, 0.717) is 38.3 Å². The number of carbonyl (C=O) groups excluding carboxylic acids is 3. The minimum atomic E-state index is -0.486. The predicted octanol–water partition coefficient (Wildman–Crippen LogP) is 3.86. The second kappa shape index (κ2) is 8.91. The Kier molecular flexibility index (Phi) is 6.06. The second-order valence-corrected chi connectivity index (χ2v) is 7.90. The van der Waals surface area contributed by atoms with Gasteiger partial charge in [0.1, 0.15) is 5.75 Å². The molecule has 0 N–H and O–H groups in total. The van der Waals surface area contributed by atoms with E-state index in [-0.39, 0.29) is 25.2 Å². The number of esters is 1. The molecule has 2 aliphatic rings. The molecular formula is C21H16ClNO7S. The summed E-state index contributed by atoms with van der Waals surface area (Å²) >= 11 is 7.13. The average molecular weight is 462 g/mol. The third-order valence-electron chi connectivity index (χ3n) is 4.51. The maximum absolute atomic E-state index is 12.8. The minimum Gasteiger partial charge on any atom is -0.482 e. The summed E-state index contributed by atoms with van der Waals surface area (Å²) in [6.45, 7) is -0.0686. The summed E-state index contributed by atoms with van der Waals surface area (Å²) in [4.78, 5) is 37.8. The minimum absolute atomic E-state index is 0.0256. The average Bonchev–Trinajstić information content (AvgIpc) is 3.32. The lowest BCUT2D eigenvalue weighted by Gasteiger charge is -2.14. The maximum atomic E-state index is 12.8. The summed E-state index contributed by atoms with van der Waals surface area (Å²) in [7, 11) is 1.28. The molecule has 0 saturated carbocycles. The molecule has 1 fully saturated rings. The molecule has 2 amide bonds. The van der Waals surface area contributed by atoms with Gasteiger partial charge in [-0.15, -0.1) is 0 Å². The Morgan fingerprint density at radius 2 is 1.90 bits per heavy atom. The van der Waals surface area contributed by atoms with Crippen LogP contribution in [0.25, 0.3) is 6.08 Å². The van der Waals surface area contributed by atoms with Crippen LogP contribution < -0.4 is 14.2 Å². The maximum Gasteiger partial charge on any atom is 0.343 e. The van der Waals surface area contributed by atoms with Gasteiger partial charge in [-0.05, 0) is 47.2 Å². The molecule has 0 unspecified atom stereocenters. The first-order valence-corrected chi connectivity index (χ1v) is 10.3.